The van der Waals surface area contributed by atoms with Crippen LogP contribution in [0.25, 0.3) is 0 Å². The second kappa shape index (κ2) is 8.52. The first-order chi connectivity index (χ1) is 9.51. The van der Waals surface area contributed by atoms with E-state index in [0.717, 1.165) is 26.1 Å². The van der Waals surface area contributed by atoms with Crippen LogP contribution < -0.4 is 5.32 Å². The highest BCUT2D eigenvalue weighted by molar-refractivity contribution is 9.11. The molecule has 1 heterocycles. The SMILES string of the molecule is CCNC(Cc1ccc(Br)s1)C(C)(CC)N(CC)CC. The van der Waals surface area contributed by atoms with E-state index < -0.39 is 0 Å². The molecule has 0 saturated carbocycles. The van der Waals surface area contributed by atoms with Crippen molar-refractivity contribution in [3.8, 4) is 0 Å². The van der Waals surface area contributed by atoms with Crippen molar-refractivity contribution in [3.05, 3.63) is 20.8 Å². The molecule has 2 atom stereocenters. The predicted octanol–water partition coefficient (Wildman–Crippen LogP) is 4.54. The summed E-state index contributed by atoms with van der Waals surface area (Å²) in [5, 5.41) is 3.73. The summed E-state index contributed by atoms with van der Waals surface area (Å²) in [6, 6.07) is 4.89. The van der Waals surface area contributed by atoms with E-state index in [-0.39, 0.29) is 5.54 Å². The summed E-state index contributed by atoms with van der Waals surface area (Å²) in [6.45, 7) is 14.7. The zero-order valence-corrected chi connectivity index (χ0v) is 15.9. The van der Waals surface area contributed by atoms with Crippen molar-refractivity contribution in [1.82, 2.24) is 10.2 Å². The van der Waals surface area contributed by atoms with Gasteiger partial charge in [0.1, 0.15) is 0 Å². The molecule has 0 radical (unpaired) electrons. The minimum absolute atomic E-state index is 0.204. The summed E-state index contributed by atoms with van der Waals surface area (Å²) < 4.78 is 1.23. The predicted molar refractivity (Wildman–Crippen MR) is 94.8 cm³/mol. The van der Waals surface area contributed by atoms with E-state index in [2.05, 4.69) is 72.9 Å². The van der Waals surface area contributed by atoms with Crippen molar-refractivity contribution in [2.24, 2.45) is 0 Å². The monoisotopic (exact) mass is 360 g/mol. The van der Waals surface area contributed by atoms with E-state index in [9.17, 15) is 0 Å². The second-order valence-electron chi connectivity index (χ2n) is 5.40. The lowest BCUT2D eigenvalue weighted by molar-refractivity contribution is 0.0710. The minimum atomic E-state index is 0.204. The number of rotatable bonds is 9. The van der Waals surface area contributed by atoms with Crippen LogP contribution in [0, 0.1) is 0 Å². The number of halogens is 1. The second-order valence-corrected chi connectivity index (χ2v) is 7.95. The van der Waals surface area contributed by atoms with Gasteiger partial charge in [0.25, 0.3) is 0 Å². The Morgan fingerprint density at radius 2 is 1.90 bits per heavy atom. The third kappa shape index (κ3) is 4.30. The number of nitrogens with zero attached hydrogens (tertiary/aromatic N) is 1. The maximum atomic E-state index is 3.73. The molecule has 1 aromatic rings. The van der Waals surface area contributed by atoms with Crippen LogP contribution >= 0.6 is 27.3 Å². The van der Waals surface area contributed by atoms with Crippen molar-refractivity contribution in [2.75, 3.05) is 19.6 Å². The van der Waals surface area contributed by atoms with Crippen LogP contribution in [-0.4, -0.2) is 36.1 Å². The third-order valence-corrected chi connectivity index (χ3v) is 6.08. The highest BCUT2D eigenvalue weighted by atomic mass is 79.9. The fraction of sp³-hybridized carbons (Fsp3) is 0.750. The molecule has 0 aliphatic heterocycles. The van der Waals surface area contributed by atoms with Crippen LogP contribution in [0.5, 0.6) is 0 Å². The van der Waals surface area contributed by atoms with Crippen LogP contribution in [0.4, 0.5) is 0 Å². The van der Waals surface area contributed by atoms with E-state index in [1.54, 1.807) is 0 Å². The standard InChI is InChI=1S/C16H29BrN2S/c1-6-16(5,19(8-3)9-4)14(18-7-2)12-13-10-11-15(17)20-13/h10-11,14,18H,6-9,12H2,1-5H3. The molecule has 1 aromatic heterocycles. The van der Waals surface area contributed by atoms with Crippen LogP contribution in [0.15, 0.2) is 15.9 Å². The fourth-order valence-electron chi connectivity index (χ4n) is 3.06. The smallest absolute Gasteiger partial charge is 0.0701 e. The molecule has 4 heteroatoms. The summed E-state index contributed by atoms with van der Waals surface area (Å²) in [6.07, 6.45) is 2.27. The Labute approximate surface area is 137 Å². The fourth-order valence-corrected chi connectivity index (χ4v) is 4.59. The van der Waals surface area contributed by atoms with Crippen LogP contribution in [-0.2, 0) is 6.42 Å². The zero-order chi connectivity index (χ0) is 15.2. The molecule has 0 spiro atoms. The summed E-state index contributed by atoms with van der Waals surface area (Å²) in [4.78, 5) is 4.05. The maximum Gasteiger partial charge on any atom is 0.0701 e. The van der Waals surface area contributed by atoms with Gasteiger partial charge >= 0.3 is 0 Å². The first kappa shape index (κ1) is 18.1. The molecule has 0 aliphatic carbocycles. The quantitative estimate of drug-likeness (QED) is 0.695. The van der Waals surface area contributed by atoms with Gasteiger partial charge < -0.3 is 5.32 Å². The van der Waals surface area contributed by atoms with Crippen LogP contribution in [0.2, 0.25) is 0 Å². The molecular formula is C16H29BrN2S. The Bertz CT molecular complexity index is 390. The topological polar surface area (TPSA) is 15.3 Å². The van der Waals surface area contributed by atoms with Gasteiger partial charge in [-0.2, -0.15) is 0 Å². The molecule has 0 aliphatic rings. The molecular weight excluding hydrogens is 332 g/mol. The van der Waals surface area contributed by atoms with E-state index in [1.165, 1.54) is 15.1 Å². The van der Waals surface area contributed by atoms with Gasteiger partial charge in [-0.25, -0.2) is 0 Å². The number of nitrogens with one attached hydrogen (secondary N) is 1. The lowest BCUT2D eigenvalue weighted by Gasteiger charge is -2.46. The summed E-state index contributed by atoms with van der Waals surface area (Å²) in [5.41, 5.74) is 0.204. The van der Waals surface area contributed by atoms with Gasteiger partial charge in [0.15, 0.2) is 0 Å². The average Bonchev–Trinajstić information content (AvgIpc) is 2.84. The van der Waals surface area contributed by atoms with Gasteiger partial charge in [-0.15, -0.1) is 11.3 Å². The molecule has 0 amide bonds. The molecule has 2 unspecified atom stereocenters. The van der Waals surface area contributed by atoms with Crippen molar-refractivity contribution in [1.29, 1.82) is 0 Å². The van der Waals surface area contributed by atoms with E-state index in [4.69, 9.17) is 0 Å². The lowest BCUT2D eigenvalue weighted by atomic mass is 9.84. The highest BCUT2D eigenvalue weighted by Gasteiger charge is 2.36. The normalized spacial score (nSPS) is 16.4. The first-order valence-electron chi connectivity index (χ1n) is 7.74. The number of thiophene rings is 1. The summed E-state index contributed by atoms with van der Waals surface area (Å²) in [7, 11) is 0. The maximum absolute atomic E-state index is 3.73. The van der Waals surface area contributed by atoms with Crippen molar-refractivity contribution in [2.45, 2.75) is 59.0 Å². The first-order valence-corrected chi connectivity index (χ1v) is 9.35. The molecule has 0 aromatic carbocycles. The van der Waals surface area contributed by atoms with Gasteiger partial charge in [-0.1, -0.05) is 27.7 Å². The third-order valence-electron chi connectivity index (χ3n) is 4.44. The van der Waals surface area contributed by atoms with Crippen molar-refractivity contribution in [3.63, 3.8) is 0 Å². The van der Waals surface area contributed by atoms with Gasteiger partial charge in [0.05, 0.1) is 3.79 Å². The molecule has 0 saturated heterocycles. The summed E-state index contributed by atoms with van der Waals surface area (Å²) >= 11 is 5.43. The van der Waals surface area contributed by atoms with Gasteiger partial charge in [-0.05, 0) is 67.5 Å². The van der Waals surface area contributed by atoms with Gasteiger partial charge in [0, 0.05) is 16.5 Å². The molecule has 20 heavy (non-hydrogen) atoms. The molecule has 1 rings (SSSR count). The van der Waals surface area contributed by atoms with Gasteiger partial charge in [-0.3, -0.25) is 4.90 Å². The van der Waals surface area contributed by atoms with Gasteiger partial charge in [0.2, 0.25) is 0 Å². The highest BCUT2D eigenvalue weighted by Crippen LogP contribution is 2.29. The van der Waals surface area contributed by atoms with Crippen LogP contribution in [0.1, 0.15) is 45.9 Å². The average molecular weight is 361 g/mol. The Balaban J connectivity index is 2.96. The van der Waals surface area contributed by atoms with Crippen molar-refractivity contribution >= 4 is 27.3 Å². The zero-order valence-electron chi connectivity index (χ0n) is 13.5. The number of hydrogen-bond acceptors (Lipinski definition) is 3. The molecule has 116 valence electrons. The molecule has 2 nitrogen and oxygen atoms in total. The Morgan fingerprint density at radius 3 is 2.30 bits per heavy atom. The summed E-state index contributed by atoms with van der Waals surface area (Å²) in [5.74, 6) is 0. The Kier molecular flexibility index (Phi) is 7.73. The largest absolute Gasteiger partial charge is 0.312 e. The Hall–Kier alpha value is 0.1000. The van der Waals surface area contributed by atoms with E-state index in [0.29, 0.717) is 6.04 Å². The lowest BCUT2D eigenvalue weighted by Crippen LogP contribution is -2.60. The van der Waals surface area contributed by atoms with Crippen molar-refractivity contribution < 1.29 is 0 Å². The molecule has 0 bridgehead atoms. The van der Waals surface area contributed by atoms with Crippen LogP contribution in [0.3, 0.4) is 0 Å². The number of likely N-dealkylation sites (N-methyl/N-ethyl adjacent to an activating group) is 2. The molecule has 0 fully saturated rings. The minimum Gasteiger partial charge on any atom is -0.312 e. The number of hydrogen-bond donors (Lipinski definition) is 1. The Morgan fingerprint density at radius 1 is 1.25 bits per heavy atom. The molecule has 1 N–H and O–H groups in total. The van der Waals surface area contributed by atoms with E-state index >= 15 is 0 Å². The van der Waals surface area contributed by atoms with E-state index in [1.807, 2.05) is 11.3 Å².